The number of amides is 2. The number of nitrogens with zero attached hydrogens (tertiary/aromatic N) is 1. The van der Waals surface area contributed by atoms with Gasteiger partial charge in [-0.1, -0.05) is 6.07 Å². The van der Waals surface area contributed by atoms with Crippen LogP contribution in [-0.2, 0) is 0 Å². The van der Waals surface area contributed by atoms with Crippen LogP contribution in [0.1, 0.15) is 13.8 Å². The zero-order valence-electron chi connectivity index (χ0n) is 10.8. The molecule has 100 valence electrons. The number of benzene rings is 1. The highest BCUT2D eigenvalue weighted by Crippen LogP contribution is 2.11. The molecule has 0 aliphatic rings. The Morgan fingerprint density at radius 1 is 1.39 bits per heavy atom. The standard InChI is InChI=1S/C13H19FN2O2/c1-3-16(4-2)13(17)15-8-9-18-12-7-5-6-11(14)10-12/h5-7,10H,3-4,8-9H2,1-2H3,(H,15,17). The van der Waals surface area contributed by atoms with Gasteiger partial charge in [-0.25, -0.2) is 9.18 Å². The van der Waals surface area contributed by atoms with Gasteiger partial charge in [0.2, 0.25) is 0 Å². The fourth-order valence-corrected chi connectivity index (χ4v) is 1.51. The molecule has 0 aliphatic carbocycles. The van der Waals surface area contributed by atoms with Crippen LogP contribution in [0.3, 0.4) is 0 Å². The van der Waals surface area contributed by atoms with E-state index in [1.54, 1.807) is 17.0 Å². The summed E-state index contributed by atoms with van der Waals surface area (Å²) in [5, 5.41) is 2.74. The molecular weight excluding hydrogens is 235 g/mol. The monoisotopic (exact) mass is 254 g/mol. The quantitative estimate of drug-likeness (QED) is 0.791. The maximum absolute atomic E-state index is 12.8. The predicted molar refractivity (Wildman–Crippen MR) is 68.2 cm³/mol. The van der Waals surface area contributed by atoms with Crippen LogP contribution in [0, 0.1) is 5.82 Å². The van der Waals surface area contributed by atoms with E-state index in [1.807, 2.05) is 13.8 Å². The Kier molecular flexibility index (Phi) is 5.97. The third kappa shape index (κ3) is 4.61. The van der Waals surface area contributed by atoms with E-state index in [0.717, 1.165) is 0 Å². The van der Waals surface area contributed by atoms with Gasteiger partial charge in [0, 0.05) is 19.2 Å². The molecule has 0 aromatic heterocycles. The number of carbonyl (C=O) groups excluding carboxylic acids is 1. The van der Waals surface area contributed by atoms with Crippen molar-refractivity contribution in [1.29, 1.82) is 0 Å². The third-order valence-electron chi connectivity index (χ3n) is 2.49. The second-order valence-corrected chi connectivity index (χ2v) is 3.71. The first-order chi connectivity index (χ1) is 8.67. The number of hydrogen-bond acceptors (Lipinski definition) is 2. The Labute approximate surface area is 107 Å². The van der Waals surface area contributed by atoms with Crippen LogP contribution in [0.4, 0.5) is 9.18 Å². The highest BCUT2D eigenvalue weighted by molar-refractivity contribution is 5.73. The summed E-state index contributed by atoms with van der Waals surface area (Å²) < 4.78 is 18.2. The summed E-state index contributed by atoms with van der Waals surface area (Å²) in [6.07, 6.45) is 0. The molecule has 0 heterocycles. The van der Waals surface area contributed by atoms with Gasteiger partial charge in [-0.3, -0.25) is 0 Å². The minimum atomic E-state index is -0.334. The highest BCUT2D eigenvalue weighted by atomic mass is 19.1. The molecule has 0 radical (unpaired) electrons. The average molecular weight is 254 g/mol. The molecule has 2 amide bonds. The lowest BCUT2D eigenvalue weighted by Gasteiger charge is -2.19. The van der Waals surface area contributed by atoms with Gasteiger partial charge in [-0.2, -0.15) is 0 Å². The third-order valence-corrected chi connectivity index (χ3v) is 2.49. The van der Waals surface area contributed by atoms with E-state index in [2.05, 4.69) is 5.32 Å². The summed E-state index contributed by atoms with van der Waals surface area (Å²) in [7, 11) is 0. The van der Waals surface area contributed by atoms with E-state index < -0.39 is 0 Å². The topological polar surface area (TPSA) is 41.6 Å². The first kappa shape index (κ1) is 14.3. The summed E-state index contributed by atoms with van der Waals surface area (Å²) in [5.74, 6) is 0.131. The lowest BCUT2D eigenvalue weighted by atomic mass is 10.3. The molecule has 1 aromatic carbocycles. The van der Waals surface area contributed by atoms with Crippen molar-refractivity contribution in [2.45, 2.75) is 13.8 Å². The van der Waals surface area contributed by atoms with Gasteiger partial charge in [0.15, 0.2) is 0 Å². The molecule has 0 saturated carbocycles. The summed E-state index contributed by atoms with van der Waals surface area (Å²) in [6, 6.07) is 5.82. The molecule has 18 heavy (non-hydrogen) atoms. The fraction of sp³-hybridized carbons (Fsp3) is 0.462. The Hall–Kier alpha value is -1.78. The van der Waals surface area contributed by atoms with Crippen LogP contribution in [0.5, 0.6) is 5.75 Å². The SMILES string of the molecule is CCN(CC)C(=O)NCCOc1cccc(F)c1. The number of nitrogens with one attached hydrogen (secondary N) is 1. The van der Waals surface area contributed by atoms with Crippen molar-refractivity contribution in [3.63, 3.8) is 0 Å². The van der Waals surface area contributed by atoms with E-state index >= 15 is 0 Å². The molecule has 1 rings (SSSR count). The molecule has 0 fully saturated rings. The lowest BCUT2D eigenvalue weighted by Crippen LogP contribution is -2.41. The minimum Gasteiger partial charge on any atom is -0.492 e. The van der Waals surface area contributed by atoms with Crippen molar-refractivity contribution >= 4 is 6.03 Å². The zero-order valence-corrected chi connectivity index (χ0v) is 10.8. The summed E-state index contributed by atoms with van der Waals surface area (Å²) >= 11 is 0. The molecule has 4 nitrogen and oxygen atoms in total. The van der Waals surface area contributed by atoms with E-state index in [9.17, 15) is 9.18 Å². The van der Waals surface area contributed by atoms with Gasteiger partial charge < -0.3 is 15.0 Å². The molecular formula is C13H19FN2O2. The first-order valence-electron chi connectivity index (χ1n) is 6.08. The van der Waals surface area contributed by atoms with Crippen molar-refractivity contribution in [3.05, 3.63) is 30.1 Å². The number of hydrogen-bond donors (Lipinski definition) is 1. The first-order valence-corrected chi connectivity index (χ1v) is 6.08. The number of rotatable bonds is 6. The van der Waals surface area contributed by atoms with Gasteiger partial charge in [-0.05, 0) is 26.0 Å². The van der Waals surface area contributed by atoms with E-state index in [0.29, 0.717) is 32.0 Å². The van der Waals surface area contributed by atoms with Gasteiger partial charge in [0.05, 0.1) is 6.54 Å². The maximum atomic E-state index is 12.8. The van der Waals surface area contributed by atoms with Crippen molar-refractivity contribution in [1.82, 2.24) is 10.2 Å². The van der Waals surface area contributed by atoms with Gasteiger partial charge in [-0.15, -0.1) is 0 Å². The Morgan fingerprint density at radius 3 is 2.72 bits per heavy atom. The van der Waals surface area contributed by atoms with Crippen LogP contribution < -0.4 is 10.1 Å². The second-order valence-electron chi connectivity index (χ2n) is 3.71. The molecule has 0 atom stereocenters. The number of ether oxygens (including phenoxy) is 1. The molecule has 1 aromatic rings. The largest absolute Gasteiger partial charge is 0.492 e. The Balaban J connectivity index is 2.24. The van der Waals surface area contributed by atoms with Gasteiger partial charge in [0.1, 0.15) is 18.2 Å². The fourth-order valence-electron chi connectivity index (χ4n) is 1.51. The van der Waals surface area contributed by atoms with Gasteiger partial charge >= 0.3 is 6.03 Å². The van der Waals surface area contributed by atoms with Crippen LogP contribution in [0.25, 0.3) is 0 Å². The number of urea groups is 1. The van der Waals surface area contributed by atoms with E-state index in [-0.39, 0.29) is 11.8 Å². The molecule has 0 aliphatic heterocycles. The van der Waals surface area contributed by atoms with Crippen molar-refractivity contribution in [2.24, 2.45) is 0 Å². The van der Waals surface area contributed by atoms with Crippen molar-refractivity contribution < 1.29 is 13.9 Å². The number of halogens is 1. The Bertz CT molecular complexity index is 381. The van der Waals surface area contributed by atoms with Crippen LogP contribution >= 0.6 is 0 Å². The molecule has 0 spiro atoms. The molecule has 0 bridgehead atoms. The van der Waals surface area contributed by atoms with Crippen LogP contribution in [0.2, 0.25) is 0 Å². The minimum absolute atomic E-state index is 0.108. The van der Waals surface area contributed by atoms with E-state index in [1.165, 1.54) is 12.1 Å². The summed E-state index contributed by atoms with van der Waals surface area (Å²) in [5.41, 5.74) is 0. The Morgan fingerprint density at radius 2 is 2.11 bits per heavy atom. The predicted octanol–water partition coefficient (Wildman–Crippen LogP) is 2.26. The smallest absolute Gasteiger partial charge is 0.317 e. The van der Waals surface area contributed by atoms with Gasteiger partial charge in [0.25, 0.3) is 0 Å². The van der Waals surface area contributed by atoms with E-state index in [4.69, 9.17) is 4.74 Å². The molecule has 0 saturated heterocycles. The zero-order chi connectivity index (χ0) is 13.4. The molecule has 0 unspecified atom stereocenters. The van der Waals surface area contributed by atoms with Crippen molar-refractivity contribution in [3.8, 4) is 5.75 Å². The second kappa shape index (κ2) is 7.53. The summed E-state index contributed by atoms with van der Waals surface area (Å²) in [4.78, 5) is 13.3. The highest BCUT2D eigenvalue weighted by Gasteiger charge is 2.07. The molecule has 5 heteroatoms. The van der Waals surface area contributed by atoms with Crippen LogP contribution in [0.15, 0.2) is 24.3 Å². The average Bonchev–Trinajstić information content (AvgIpc) is 2.36. The lowest BCUT2D eigenvalue weighted by molar-refractivity contribution is 0.200. The maximum Gasteiger partial charge on any atom is 0.317 e. The number of carbonyl (C=O) groups is 1. The molecule has 1 N–H and O–H groups in total. The van der Waals surface area contributed by atoms with Crippen LogP contribution in [-0.4, -0.2) is 37.2 Å². The normalized spacial score (nSPS) is 9.94. The summed E-state index contributed by atoms with van der Waals surface area (Å²) in [6.45, 7) is 5.90. The van der Waals surface area contributed by atoms with Crippen molar-refractivity contribution in [2.75, 3.05) is 26.2 Å².